The Hall–Kier alpha value is -0.590. The van der Waals surface area contributed by atoms with E-state index in [1.165, 1.54) is 77.0 Å². The number of likely N-dealkylation sites (N-methyl/N-ethyl adjacent to an activating group) is 1. The molecule has 0 radical (unpaired) electrons. The Bertz CT molecular complexity index is 630. The van der Waals surface area contributed by atoms with Gasteiger partial charge in [-0.2, -0.15) is 0 Å². The molecule has 0 saturated heterocycles. The number of phosphoric acid groups is 1. The van der Waals surface area contributed by atoms with Crippen LogP contribution in [0.5, 0.6) is 0 Å². The molecule has 0 saturated carbocycles. The van der Waals surface area contributed by atoms with Crippen molar-refractivity contribution in [1.82, 2.24) is 0 Å². The zero-order chi connectivity index (χ0) is 29.4. The number of unbranched alkanes of at least 4 members (excludes halogenated alkanes) is 16. The van der Waals surface area contributed by atoms with Gasteiger partial charge in [0.15, 0.2) is 0 Å². The van der Waals surface area contributed by atoms with Crippen LogP contribution in [0.3, 0.4) is 0 Å². The highest BCUT2D eigenvalue weighted by Gasteiger charge is 2.31. The van der Waals surface area contributed by atoms with Crippen LogP contribution < -0.4 is 0 Å². The van der Waals surface area contributed by atoms with Crippen LogP contribution in [0.15, 0.2) is 0 Å². The standard InChI is InChI=1S/C31H62NO6P/c1-6-8-10-12-14-16-18-20-22-24-30(33)29(28-38-39(35,36)37-27-26-32(3,4)5)31(34)25-23-21-19-17-15-13-11-9-7-2/h29H,6-28H2,1-5H3/p+1. The fraction of sp³-hybridized carbons (Fsp3) is 0.935. The molecule has 0 spiro atoms. The number of hydrogen-bond acceptors (Lipinski definition) is 5. The van der Waals surface area contributed by atoms with Crippen LogP contribution >= 0.6 is 7.82 Å². The molecule has 0 bridgehead atoms. The molecule has 0 rings (SSSR count). The predicted octanol–water partition coefficient (Wildman–Crippen LogP) is 8.42. The van der Waals surface area contributed by atoms with Gasteiger partial charge in [0.1, 0.15) is 30.6 Å². The van der Waals surface area contributed by atoms with Crippen LogP contribution in [0, 0.1) is 5.92 Å². The number of carbonyl (C=O) groups excluding carboxylic acids is 2. The van der Waals surface area contributed by atoms with Crippen LogP contribution in [0.1, 0.15) is 142 Å². The number of rotatable bonds is 29. The van der Waals surface area contributed by atoms with Crippen molar-refractivity contribution in [2.45, 2.75) is 142 Å². The number of hydrogen-bond donors (Lipinski definition) is 1. The molecule has 0 heterocycles. The van der Waals surface area contributed by atoms with Gasteiger partial charge in [0, 0.05) is 12.8 Å². The highest BCUT2D eigenvalue weighted by Crippen LogP contribution is 2.43. The van der Waals surface area contributed by atoms with Crippen molar-refractivity contribution < 1.29 is 32.6 Å². The monoisotopic (exact) mass is 576 g/mol. The van der Waals surface area contributed by atoms with Gasteiger partial charge in [-0.3, -0.25) is 18.6 Å². The van der Waals surface area contributed by atoms with Gasteiger partial charge in [-0.1, -0.05) is 117 Å². The number of ketones is 2. The summed E-state index contributed by atoms with van der Waals surface area (Å²) in [7, 11) is 1.54. The molecule has 0 aliphatic heterocycles. The summed E-state index contributed by atoms with van der Waals surface area (Å²) in [5.74, 6) is -1.34. The first-order chi connectivity index (χ1) is 18.5. The summed E-state index contributed by atoms with van der Waals surface area (Å²) in [5.41, 5.74) is 0. The number of phosphoric ester groups is 1. The quantitative estimate of drug-likeness (QED) is 0.0416. The maximum Gasteiger partial charge on any atom is 0.472 e. The largest absolute Gasteiger partial charge is 0.472 e. The molecule has 0 aliphatic carbocycles. The highest BCUT2D eigenvalue weighted by atomic mass is 31.2. The number of carbonyl (C=O) groups is 2. The molecule has 0 aromatic rings. The van der Waals surface area contributed by atoms with Crippen molar-refractivity contribution in [3.05, 3.63) is 0 Å². The van der Waals surface area contributed by atoms with Crippen LogP contribution in [0.25, 0.3) is 0 Å². The summed E-state index contributed by atoms with van der Waals surface area (Å²) in [6.07, 6.45) is 21.3. The van der Waals surface area contributed by atoms with E-state index in [4.69, 9.17) is 9.05 Å². The zero-order valence-electron chi connectivity index (χ0n) is 26.2. The van der Waals surface area contributed by atoms with Crippen LogP contribution in [0.2, 0.25) is 0 Å². The van der Waals surface area contributed by atoms with E-state index in [0.29, 0.717) is 23.9 Å². The minimum Gasteiger partial charge on any atom is -0.329 e. The molecular formula is C31H63NO6P+. The SMILES string of the molecule is CCCCCCCCCCCC(=O)C(COP(=O)(O)OCC[N+](C)(C)C)C(=O)CCCCCCCCCCC. The second-order valence-electron chi connectivity index (χ2n) is 12.3. The molecular weight excluding hydrogens is 513 g/mol. The van der Waals surface area contributed by atoms with Gasteiger partial charge in [-0.25, -0.2) is 4.57 Å². The van der Waals surface area contributed by atoms with Crippen molar-refractivity contribution in [1.29, 1.82) is 0 Å². The second kappa shape index (κ2) is 24.1. The average molecular weight is 577 g/mol. The Labute approximate surface area is 241 Å². The highest BCUT2D eigenvalue weighted by molar-refractivity contribution is 7.47. The second-order valence-corrected chi connectivity index (χ2v) is 13.7. The number of nitrogens with zero attached hydrogens (tertiary/aromatic N) is 1. The van der Waals surface area contributed by atoms with Gasteiger partial charge >= 0.3 is 7.82 Å². The molecule has 0 aliphatic rings. The topological polar surface area (TPSA) is 89.9 Å². The van der Waals surface area contributed by atoms with Gasteiger partial charge in [-0.05, 0) is 12.8 Å². The van der Waals surface area contributed by atoms with Crippen molar-refractivity contribution in [2.75, 3.05) is 40.9 Å². The van der Waals surface area contributed by atoms with Crippen LogP contribution in [-0.2, 0) is 23.2 Å². The lowest BCUT2D eigenvalue weighted by atomic mass is 9.92. The summed E-state index contributed by atoms with van der Waals surface area (Å²) in [5, 5.41) is 0. The fourth-order valence-electron chi connectivity index (χ4n) is 4.57. The Morgan fingerprint density at radius 3 is 1.36 bits per heavy atom. The molecule has 39 heavy (non-hydrogen) atoms. The van der Waals surface area contributed by atoms with Gasteiger partial charge in [0.25, 0.3) is 0 Å². The van der Waals surface area contributed by atoms with E-state index in [2.05, 4.69) is 13.8 Å². The molecule has 0 amide bonds. The molecule has 7 nitrogen and oxygen atoms in total. The normalized spacial score (nSPS) is 13.6. The van der Waals surface area contributed by atoms with E-state index in [0.717, 1.165) is 38.5 Å². The third-order valence-electron chi connectivity index (χ3n) is 7.25. The summed E-state index contributed by atoms with van der Waals surface area (Å²) < 4.78 is 23.2. The van der Waals surface area contributed by atoms with E-state index < -0.39 is 13.7 Å². The van der Waals surface area contributed by atoms with E-state index in [1.807, 2.05) is 21.1 Å². The van der Waals surface area contributed by atoms with Crippen molar-refractivity contribution in [2.24, 2.45) is 5.92 Å². The first-order valence-corrected chi connectivity index (χ1v) is 17.5. The molecule has 232 valence electrons. The molecule has 0 fully saturated rings. The first kappa shape index (κ1) is 38.4. The minimum atomic E-state index is -4.33. The van der Waals surface area contributed by atoms with Gasteiger partial charge in [0.2, 0.25) is 0 Å². The maximum absolute atomic E-state index is 13.0. The molecule has 1 N–H and O–H groups in total. The summed E-state index contributed by atoms with van der Waals surface area (Å²) in [6.45, 7) is 4.64. The lowest BCUT2D eigenvalue weighted by molar-refractivity contribution is -0.870. The zero-order valence-corrected chi connectivity index (χ0v) is 27.1. The Kier molecular flexibility index (Phi) is 23.7. The van der Waals surface area contributed by atoms with Gasteiger partial charge < -0.3 is 9.38 Å². The van der Waals surface area contributed by atoms with Crippen molar-refractivity contribution >= 4 is 19.4 Å². The third kappa shape index (κ3) is 24.9. The van der Waals surface area contributed by atoms with E-state index in [-0.39, 0.29) is 24.8 Å². The van der Waals surface area contributed by atoms with E-state index in [9.17, 15) is 19.0 Å². The molecule has 0 aromatic heterocycles. The third-order valence-corrected chi connectivity index (χ3v) is 8.24. The Morgan fingerprint density at radius 2 is 1.00 bits per heavy atom. The van der Waals surface area contributed by atoms with Crippen LogP contribution in [-0.4, -0.2) is 61.8 Å². The molecule has 8 heteroatoms. The summed E-state index contributed by atoms with van der Waals surface area (Å²) >= 11 is 0. The summed E-state index contributed by atoms with van der Waals surface area (Å²) in [6, 6.07) is 0. The molecule has 1 unspecified atom stereocenters. The van der Waals surface area contributed by atoms with Crippen molar-refractivity contribution in [3.63, 3.8) is 0 Å². The predicted molar refractivity (Wildman–Crippen MR) is 162 cm³/mol. The van der Waals surface area contributed by atoms with Gasteiger partial charge in [0.05, 0.1) is 27.7 Å². The average Bonchev–Trinajstić information content (AvgIpc) is 2.85. The van der Waals surface area contributed by atoms with Crippen molar-refractivity contribution in [3.8, 4) is 0 Å². The first-order valence-electron chi connectivity index (χ1n) is 16.0. The maximum atomic E-state index is 13.0. The lowest BCUT2D eigenvalue weighted by Crippen LogP contribution is -2.37. The van der Waals surface area contributed by atoms with Crippen LogP contribution in [0.4, 0.5) is 0 Å². The Morgan fingerprint density at radius 1 is 0.641 bits per heavy atom. The molecule has 1 atom stereocenters. The summed E-state index contributed by atoms with van der Waals surface area (Å²) in [4.78, 5) is 36.1. The smallest absolute Gasteiger partial charge is 0.329 e. The number of Topliss-reactive ketones (excluding diaryl/α,β-unsaturated/α-hetero) is 2. The molecule has 0 aromatic carbocycles. The number of quaternary nitrogens is 1. The fourth-order valence-corrected chi connectivity index (χ4v) is 5.29. The minimum absolute atomic E-state index is 0.0563. The Balaban J connectivity index is 4.62. The van der Waals surface area contributed by atoms with Gasteiger partial charge in [-0.15, -0.1) is 0 Å². The lowest BCUT2D eigenvalue weighted by Gasteiger charge is -2.24. The van der Waals surface area contributed by atoms with E-state index in [1.54, 1.807) is 0 Å². The van der Waals surface area contributed by atoms with E-state index >= 15 is 0 Å².